The maximum absolute atomic E-state index is 13.0. The highest BCUT2D eigenvalue weighted by molar-refractivity contribution is 7.92. The van der Waals surface area contributed by atoms with Crippen molar-refractivity contribution >= 4 is 27.5 Å². The molecule has 0 atom stereocenters. The van der Waals surface area contributed by atoms with Crippen LogP contribution >= 0.6 is 0 Å². The van der Waals surface area contributed by atoms with Gasteiger partial charge in [-0.25, -0.2) is 8.42 Å². The third kappa shape index (κ3) is 7.54. The van der Waals surface area contributed by atoms with E-state index in [1.807, 2.05) is 21.9 Å². The van der Waals surface area contributed by atoms with Crippen molar-refractivity contribution in [1.82, 2.24) is 14.7 Å². The van der Waals surface area contributed by atoms with Crippen LogP contribution in [0.1, 0.15) is 50.5 Å². The number of hydrogen-bond donors (Lipinski definition) is 1. The summed E-state index contributed by atoms with van der Waals surface area (Å²) in [6.07, 6.45) is 8.45. The fourth-order valence-electron chi connectivity index (χ4n) is 6.12. The Balaban J connectivity index is 1.05. The molecule has 0 aromatic heterocycles. The zero-order valence-corrected chi connectivity index (χ0v) is 24.1. The van der Waals surface area contributed by atoms with E-state index >= 15 is 0 Å². The summed E-state index contributed by atoms with van der Waals surface area (Å²) in [5.41, 5.74) is 1.69. The summed E-state index contributed by atoms with van der Waals surface area (Å²) in [5, 5.41) is 0. The predicted molar refractivity (Wildman–Crippen MR) is 155 cm³/mol. The van der Waals surface area contributed by atoms with E-state index in [-0.39, 0.29) is 30.3 Å². The van der Waals surface area contributed by atoms with Crippen molar-refractivity contribution in [3.8, 4) is 11.5 Å². The van der Waals surface area contributed by atoms with E-state index in [1.165, 1.54) is 12.0 Å². The van der Waals surface area contributed by atoms with Crippen molar-refractivity contribution < 1.29 is 22.7 Å². The van der Waals surface area contributed by atoms with Gasteiger partial charge in [0.1, 0.15) is 11.5 Å². The molecule has 1 aliphatic carbocycles. The first kappa shape index (κ1) is 28.4. The predicted octanol–water partition coefficient (Wildman–Crippen LogP) is 4.07. The van der Waals surface area contributed by atoms with Gasteiger partial charge in [0.25, 0.3) is 0 Å². The van der Waals surface area contributed by atoms with Crippen LogP contribution in [0.3, 0.4) is 0 Å². The number of carbonyl (C=O) groups excluding carboxylic acids is 2. The summed E-state index contributed by atoms with van der Waals surface area (Å²) in [4.78, 5) is 32.1. The summed E-state index contributed by atoms with van der Waals surface area (Å²) >= 11 is 0. The molecule has 2 aromatic rings. The summed E-state index contributed by atoms with van der Waals surface area (Å²) in [6.45, 7) is 4.27. The number of piperidine rings is 1. The molecule has 2 aliphatic heterocycles. The number of anilines is 1. The van der Waals surface area contributed by atoms with E-state index in [2.05, 4.69) is 21.8 Å². The first-order valence-corrected chi connectivity index (χ1v) is 16.3. The maximum atomic E-state index is 13.0. The molecule has 1 N–H and O–H groups in total. The third-order valence-electron chi connectivity index (χ3n) is 8.24. The van der Waals surface area contributed by atoms with Crippen LogP contribution in [0.4, 0.5) is 5.69 Å². The van der Waals surface area contributed by atoms with Gasteiger partial charge in [-0.1, -0.05) is 31.4 Å². The number of likely N-dealkylation sites (tertiary alicyclic amines) is 1. The highest BCUT2D eigenvalue weighted by atomic mass is 32.2. The van der Waals surface area contributed by atoms with E-state index in [9.17, 15) is 18.0 Å². The molecular weight excluding hydrogens is 528 g/mol. The average molecular weight is 569 g/mol. The van der Waals surface area contributed by atoms with E-state index in [1.54, 1.807) is 24.3 Å². The molecule has 9 nitrogen and oxygen atoms in total. The van der Waals surface area contributed by atoms with Crippen LogP contribution in [-0.2, 0) is 26.2 Å². The smallest absolute Gasteiger partial charge is 0.242 e. The number of sulfonamides is 1. The Bertz CT molecular complexity index is 1270. The van der Waals surface area contributed by atoms with Gasteiger partial charge in [0, 0.05) is 50.4 Å². The van der Waals surface area contributed by atoms with Gasteiger partial charge >= 0.3 is 0 Å². The fraction of sp³-hybridized carbons (Fsp3) is 0.533. The third-order valence-corrected chi connectivity index (χ3v) is 8.85. The zero-order chi connectivity index (χ0) is 28.1. The highest BCUT2D eigenvalue weighted by Crippen LogP contribution is 2.28. The molecule has 0 spiro atoms. The molecule has 2 heterocycles. The summed E-state index contributed by atoms with van der Waals surface area (Å²) in [7, 11) is -3.31. The molecule has 216 valence electrons. The Morgan fingerprint density at radius 3 is 2.10 bits per heavy atom. The Labute approximate surface area is 237 Å². The molecule has 5 rings (SSSR count). The standard InChI is InChI=1S/C30H40N4O5S/c1-40(37,38)31-25-9-13-28(14-10-25)39-27-11-7-23(8-12-27)21-32-17-15-26(16-18-32)34-20-19-33(22-29(34)35)30(36)24-5-3-2-4-6-24/h7-14,24,26,31H,2-6,15-22H2,1H3. The van der Waals surface area contributed by atoms with Gasteiger partial charge in [0.2, 0.25) is 21.8 Å². The van der Waals surface area contributed by atoms with Gasteiger partial charge in [-0.05, 0) is 67.6 Å². The first-order chi connectivity index (χ1) is 19.2. The molecule has 0 unspecified atom stereocenters. The van der Waals surface area contributed by atoms with Crippen molar-refractivity contribution in [2.75, 3.05) is 43.7 Å². The SMILES string of the molecule is CS(=O)(=O)Nc1ccc(Oc2ccc(CN3CCC(N4CCN(C(=O)C5CCCCC5)CC4=O)CC3)cc2)cc1. The molecule has 10 heteroatoms. The van der Waals surface area contributed by atoms with Crippen molar-refractivity contribution in [3.63, 3.8) is 0 Å². The fourth-order valence-corrected chi connectivity index (χ4v) is 6.68. The quantitative estimate of drug-likeness (QED) is 0.516. The Morgan fingerprint density at radius 2 is 1.50 bits per heavy atom. The number of benzene rings is 2. The Kier molecular flexibility index (Phi) is 8.95. The van der Waals surface area contributed by atoms with Crippen LogP contribution in [0.5, 0.6) is 11.5 Å². The Hall–Kier alpha value is -3.11. The highest BCUT2D eigenvalue weighted by Gasteiger charge is 2.35. The Morgan fingerprint density at radius 1 is 0.875 bits per heavy atom. The molecular formula is C30H40N4O5S. The van der Waals surface area contributed by atoms with Gasteiger partial charge in [-0.2, -0.15) is 0 Å². The molecule has 2 amide bonds. The number of nitrogens with zero attached hydrogens (tertiary/aromatic N) is 3. The van der Waals surface area contributed by atoms with E-state index < -0.39 is 10.0 Å². The minimum absolute atomic E-state index is 0.103. The lowest BCUT2D eigenvalue weighted by Gasteiger charge is -2.43. The summed E-state index contributed by atoms with van der Waals surface area (Å²) in [6, 6.07) is 15.0. The summed E-state index contributed by atoms with van der Waals surface area (Å²) in [5.74, 6) is 1.76. The second kappa shape index (κ2) is 12.6. The number of amides is 2. The average Bonchev–Trinajstić information content (AvgIpc) is 2.95. The number of rotatable bonds is 8. The lowest BCUT2D eigenvalue weighted by molar-refractivity contribution is -0.150. The monoisotopic (exact) mass is 568 g/mol. The van der Waals surface area contributed by atoms with Gasteiger partial charge in [0.15, 0.2) is 0 Å². The number of nitrogens with one attached hydrogen (secondary N) is 1. The topological polar surface area (TPSA) is 99.3 Å². The molecule has 3 fully saturated rings. The molecule has 40 heavy (non-hydrogen) atoms. The first-order valence-electron chi connectivity index (χ1n) is 14.4. The number of carbonyl (C=O) groups is 2. The van der Waals surface area contributed by atoms with E-state index in [4.69, 9.17) is 4.74 Å². The van der Waals surface area contributed by atoms with Gasteiger partial charge in [-0.3, -0.25) is 19.2 Å². The van der Waals surface area contributed by atoms with Crippen molar-refractivity contribution in [1.29, 1.82) is 0 Å². The summed E-state index contributed by atoms with van der Waals surface area (Å²) < 4.78 is 31.1. The van der Waals surface area contributed by atoms with Crippen molar-refractivity contribution in [2.45, 2.75) is 57.5 Å². The minimum Gasteiger partial charge on any atom is -0.457 e. The molecule has 0 radical (unpaired) electrons. The van der Waals surface area contributed by atoms with Gasteiger partial charge in [-0.15, -0.1) is 0 Å². The van der Waals surface area contributed by atoms with Crippen LogP contribution in [0.15, 0.2) is 48.5 Å². The van der Waals surface area contributed by atoms with Crippen LogP contribution in [0.25, 0.3) is 0 Å². The van der Waals surface area contributed by atoms with Crippen LogP contribution in [0.2, 0.25) is 0 Å². The maximum Gasteiger partial charge on any atom is 0.242 e. The van der Waals surface area contributed by atoms with Crippen molar-refractivity contribution in [3.05, 3.63) is 54.1 Å². The normalized spacial score (nSPS) is 20.0. The molecule has 2 saturated heterocycles. The van der Waals surface area contributed by atoms with E-state index in [0.29, 0.717) is 30.3 Å². The van der Waals surface area contributed by atoms with Crippen molar-refractivity contribution in [2.24, 2.45) is 5.92 Å². The number of piperazine rings is 1. The molecule has 0 bridgehead atoms. The molecule has 1 saturated carbocycles. The van der Waals surface area contributed by atoms with Crippen LogP contribution in [-0.4, -0.2) is 80.0 Å². The second-order valence-corrected chi connectivity index (χ2v) is 13.1. The number of hydrogen-bond acceptors (Lipinski definition) is 6. The molecule has 2 aromatic carbocycles. The lowest BCUT2D eigenvalue weighted by Crippen LogP contribution is -2.58. The zero-order valence-electron chi connectivity index (χ0n) is 23.3. The lowest BCUT2D eigenvalue weighted by atomic mass is 9.88. The van der Waals surface area contributed by atoms with E-state index in [0.717, 1.165) is 64.4 Å². The largest absolute Gasteiger partial charge is 0.457 e. The van der Waals surface area contributed by atoms with Gasteiger partial charge < -0.3 is 14.5 Å². The van der Waals surface area contributed by atoms with Gasteiger partial charge in [0.05, 0.1) is 12.8 Å². The second-order valence-electron chi connectivity index (χ2n) is 11.3. The minimum atomic E-state index is -3.31. The molecule has 3 aliphatic rings. The van der Waals surface area contributed by atoms with Crippen LogP contribution in [0, 0.1) is 5.92 Å². The van der Waals surface area contributed by atoms with Crippen LogP contribution < -0.4 is 9.46 Å². The number of ether oxygens (including phenoxy) is 1.